The maximum atomic E-state index is 13.9. The Morgan fingerprint density at radius 1 is 1.07 bits per heavy atom. The molecule has 0 aliphatic rings. The fourth-order valence-corrected chi connectivity index (χ4v) is 1.38. The van der Waals surface area contributed by atoms with E-state index in [0.29, 0.717) is 0 Å². The summed E-state index contributed by atoms with van der Waals surface area (Å²) in [5.74, 6) is -0.0382. The molecule has 0 amide bonds. The van der Waals surface area contributed by atoms with Crippen LogP contribution in [0.15, 0.2) is 36.2 Å². The van der Waals surface area contributed by atoms with E-state index >= 15 is 0 Å². The van der Waals surface area contributed by atoms with Crippen LogP contribution in [0.1, 0.15) is 33.3 Å². The smallest absolute Gasteiger partial charge is 0.109 e. The minimum absolute atomic E-state index is 0.0382. The lowest BCUT2D eigenvalue weighted by Gasteiger charge is -2.18. The highest BCUT2D eigenvalue weighted by Gasteiger charge is 2.19. The average molecular weight is 192 g/mol. The summed E-state index contributed by atoms with van der Waals surface area (Å²) >= 11 is 0. The van der Waals surface area contributed by atoms with Crippen molar-refractivity contribution in [3.05, 3.63) is 41.7 Å². The number of rotatable bonds is 1. The Kier molecular flexibility index (Phi) is 3.10. The summed E-state index contributed by atoms with van der Waals surface area (Å²) in [4.78, 5) is 0. The van der Waals surface area contributed by atoms with Crippen LogP contribution in [0.25, 0.3) is 5.57 Å². The van der Waals surface area contributed by atoms with Gasteiger partial charge in [-0.15, -0.1) is 0 Å². The van der Waals surface area contributed by atoms with Gasteiger partial charge < -0.3 is 0 Å². The summed E-state index contributed by atoms with van der Waals surface area (Å²) in [6.45, 7) is 7.48. The first-order valence-electron chi connectivity index (χ1n) is 4.85. The standard InChI is InChI=1S/C13H17F/c1-10(12(14)13(2,3)4)11-8-6-5-7-9-11/h5-9H,1-4H3/b12-10-. The molecule has 76 valence electrons. The summed E-state index contributed by atoms with van der Waals surface area (Å²) in [6, 6.07) is 9.65. The van der Waals surface area contributed by atoms with Crippen LogP contribution in [0.4, 0.5) is 4.39 Å². The molecule has 0 aromatic heterocycles. The Hall–Kier alpha value is -1.11. The summed E-state index contributed by atoms with van der Waals surface area (Å²) < 4.78 is 13.9. The van der Waals surface area contributed by atoms with Gasteiger partial charge in [0.1, 0.15) is 5.83 Å². The van der Waals surface area contributed by atoms with Gasteiger partial charge in [-0.1, -0.05) is 51.1 Å². The molecule has 1 aromatic carbocycles. The molecule has 0 spiro atoms. The topological polar surface area (TPSA) is 0 Å². The van der Waals surface area contributed by atoms with Crippen LogP contribution in [0, 0.1) is 5.41 Å². The van der Waals surface area contributed by atoms with E-state index in [0.717, 1.165) is 11.1 Å². The van der Waals surface area contributed by atoms with Gasteiger partial charge in [0.15, 0.2) is 0 Å². The van der Waals surface area contributed by atoms with Gasteiger partial charge in [-0.05, 0) is 18.1 Å². The highest BCUT2D eigenvalue weighted by atomic mass is 19.1. The lowest BCUT2D eigenvalue weighted by molar-refractivity contribution is 0.386. The molecule has 1 heteroatoms. The number of halogens is 1. The summed E-state index contributed by atoms with van der Waals surface area (Å²) in [7, 11) is 0. The second-order valence-electron chi connectivity index (χ2n) is 4.56. The van der Waals surface area contributed by atoms with Crippen molar-refractivity contribution in [2.45, 2.75) is 27.7 Å². The summed E-state index contributed by atoms with van der Waals surface area (Å²) in [6.07, 6.45) is 0. The second-order valence-corrected chi connectivity index (χ2v) is 4.56. The van der Waals surface area contributed by atoms with Gasteiger partial charge in [-0.25, -0.2) is 4.39 Å². The molecule has 1 rings (SSSR count). The van der Waals surface area contributed by atoms with Crippen molar-refractivity contribution in [1.82, 2.24) is 0 Å². The minimum atomic E-state index is -0.403. The van der Waals surface area contributed by atoms with Crippen molar-refractivity contribution in [3.63, 3.8) is 0 Å². The third-order valence-electron chi connectivity index (χ3n) is 2.19. The fraction of sp³-hybridized carbons (Fsp3) is 0.385. The van der Waals surface area contributed by atoms with E-state index in [-0.39, 0.29) is 5.83 Å². The van der Waals surface area contributed by atoms with E-state index in [2.05, 4.69) is 0 Å². The first-order chi connectivity index (χ1) is 6.43. The molecule has 0 N–H and O–H groups in total. The van der Waals surface area contributed by atoms with Crippen molar-refractivity contribution in [2.75, 3.05) is 0 Å². The third-order valence-corrected chi connectivity index (χ3v) is 2.19. The van der Waals surface area contributed by atoms with Gasteiger partial charge in [0.2, 0.25) is 0 Å². The van der Waals surface area contributed by atoms with Crippen LogP contribution in [-0.2, 0) is 0 Å². The number of allylic oxidation sites excluding steroid dienone is 2. The molecule has 0 atom stereocenters. The zero-order valence-corrected chi connectivity index (χ0v) is 9.26. The van der Waals surface area contributed by atoms with Crippen LogP contribution in [0.2, 0.25) is 0 Å². The SMILES string of the molecule is C/C(=C(/F)C(C)(C)C)c1ccccc1. The minimum Gasteiger partial charge on any atom is -0.211 e. The molecule has 0 unspecified atom stereocenters. The Balaban J connectivity index is 3.12. The Morgan fingerprint density at radius 2 is 1.57 bits per heavy atom. The molecular formula is C13H17F. The molecule has 0 nitrogen and oxygen atoms in total. The largest absolute Gasteiger partial charge is 0.211 e. The normalized spacial score (nSPS) is 13.8. The monoisotopic (exact) mass is 192 g/mol. The highest BCUT2D eigenvalue weighted by molar-refractivity contribution is 5.66. The van der Waals surface area contributed by atoms with Crippen LogP contribution in [0.5, 0.6) is 0 Å². The zero-order valence-electron chi connectivity index (χ0n) is 9.26. The third kappa shape index (κ3) is 2.44. The van der Waals surface area contributed by atoms with E-state index < -0.39 is 5.41 Å². The average Bonchev–Trinajstić information content (AvgIpc) is 2.15. The molecule has 0 fully saturated rings. The van der Waals surface area contributed by atoms with E-state index in [1.54, 1.807) is 0 Å². The maximum absolute atomic E-state index is 13.9. The second kappa shape index (κ2) is 3.95. The van der Waals surface area contributed by atoms with E-state index in [9.17, 15) is 4.39 Å². The number of hydrogen-bond acceptors (Lipinski definition) is 0. The summed E-state index contributed by atoms with van der Waals surface area (Å²) in [5.41, 5.74) is 1.29. The lowest BCUT2D eigenvalue weighted by atomic mass is 9.90. The number of benzene rings is 1. The van der Waals surface area contributed by atoms with Crippen LogP contribution in [0.3, 0.4) is 0 Å². The summed E-state index contributed by atoms with van der Waals surface area (Å²) in [5, 5.41) is 0. The van der Waals surface area contributed by atoms with Gasteiger partial charge >= 0.3 is 0 Å². The molecule has 1 aromatic rings. The van der Waals surface area contributed by atoms with E-state index in [1.165, 1.54) is 0 Å². The van der Waals surface area contributed by atoms with Gasteiger partial charge in [0.25, 0.3) is 0 Å². The first kappa shape index (κ1) is 11.0. The molecule has 0 radical (unpaired) electrons. The predicted molar refractivity (Wildman–Crippen MR) is 59.6 cm³/mol. The van der Waals surface area contributed by atoms with Gasteiger partial charge in [0.05, 0.1) is 0 Å². The van der Waals surface area contributed by atoms with Gasteiger partial charge in [0, 0.05) is 5.41 Å². The quantitative estimate of drug-likeness (QED) is 0.617. The first-order valence-corrected chi connectivity index (χ1v) is 4.85. The Labute approximate surface area is 85.5 Å². The van der Waals surface area contributed by atoms with Crippen molar-refractivity contribution >= 4 is 5.57 Å². The fourth-order valence-electron chi connectivity index (χ4n) is 1.38. The highest BCUT2D eigenvalue weighted by Crippen LogP contribution is 2.32. The maximum Gasteiger partial charge on any atom is 0.109 e. The molecule has 0 aliphatic heterocycles. The molecule has 0 heterocycles. The molecular weight excluding hydrogens is 175 g/mol. The molecule has 0 saturated heterocycles. The number of hydrogen-bond donors (Lipinski definition) is 0. The van der Waals surface area contributed by atoms with Crippen molar-refractivity contribution < 1.29 is 4.39 Å². The van der Waals surface area contributed by atoms with E-state index in [4.69, 9.17) is 0 Å². The zero-order chi connectivity index (χ0) is 10.8. The van der Waals surface area contributed by atoms with Crippen LogP contribution in [-0.4, -0.2) is 0 Å². The van der Waals surface area contributed by atoms with Crippen molar-refractivity contribution in [1.29, 1.82) is 0 Å². The molecule has 14 heavy (non-hydrogen) atoms. The Bertz CT molecular complexity index is 328. The van der Waals surface area contributed by atoms with E-state index in [1.807, 2.05) is 58.0 Å². The van der Waals surface area contributed by atoms with Crippen molar-refractivity contribution in [3.8, 4) is 0 Å². The lowest BCUT2D eigenvalue weighted by Crippen LogP contribution is -2.07. The molecule has 0 aliphatic carbocycles. The Morgan fingerprint density at radius 3 is 2.00 bits per heavy atom. The van der Waals surface area contributed by atoms with Crippen LogP contribution < -0.4 is 0 Å². The predicted octanol–water partition coefficient (Wildman–Crippen LogP) is 4.43. The van der Waals surface area contributed by atoms with Crippen LogP contribution >= 0.6 is 0 Å². The molecule has 0 bridgehead atoms. The van der Waals surface area contributed by atoms with Gasteiger partial charge in [-0.2, -0.15) is 0 Å². The van der Waals surface area contributed by atoms with Gasteiger partial charge in [-0.3, -0.25) is 0 Å². The van der Waals surface area contributed by atoms with Crippen molar-refractivity contribution in [2.24, 2.45) is 5.41 Å². The molecule has 0 saturated carbocycles.